The first kappa shape index (κ1) is 13.2. The summed E-state index contributed by atoms with van der Waals surface area (Å²) < 4.78 is 1.86. The fourth-order valence-corrected chi connectivity index (χ4v) is 2.20. The number of pyridine rings is 1. The van der Waals surface area contributed by atoms with Crippen LogP contribution in [0.25, 0.3) is 5.52 Å². The predicted octanol–water partition coefficient (Wildman–Crippen LogP) is 2.90. The van der Waals surface area contributed by atoms with Gasteiger partial charge in [0, 0.05) is 36.6 Å². The smallest absolute Gasteiger partial charge is 0.221 e. The average Bonchev–Trinajstić information content (AvgIpc) is 2.89. The van der Waals surface area contributed by atoms with Gasteiger partial charge in [-0.2, -0.15) is 5.10 Å². The number of hydrogen-bond acceptors (Lipinski definition) is 3. The maximum atomic E-state index is 11.0. The normalized spacial score (nSPS) is 10.5. The quantitative estimate of drug-likeness (QED) is 0.772. The van der Waals surface area contributed by atoms with E-state index in [1.807, 2.05) is 59.4 Å². The maximum Gasteiger partial charge on any atom is 0.221 e. The molecule has 1 amide bonds. The number of amides is 1. The molecule has 0 atom stereocenters. The Hall–Kier alpha value is -2.82. The summed E-state index contributed by atoms with van der Waals surface area (Å²) in [6, 6.07) is 13.6. The van der Waals surface area contributed by atoms with Gasteiger partial charge < -0.3 is 10.6 Å². The highest BCUT2D eigenvalue weighted by Gasteiger charge is 2.03. The molecule has 0 aliphatic heterocycles. The van der Waals surface area contributed by atoms with Crippen LogP contribution in [0.1, 0.15) is 12.5 Å². The van der Waals surface area contributed by atoms with Gasteiger partial charge in [0.1, 0.15) is 0 Å². The summed E-state index contributed by atoms with van der Waals surface area (Å²) >= 11 is 0. The van der Waals surface area contributed by atoms with E-state index >= 15 is 0 Å². The lowest BCUT2D eigenvalue weighted by Crippen LogP contribution is -2.05. The SMILES string of the molecule is CC(=O)Nc1ccc(NCc2cnn3ccccc23)cc1. The second kappa shape index (κ2) is 5.66. The van der Waals surface area contributed by atoms with Gasteiger partial charge in [-0.05, 0) is 36.4 Å². The fraction of sp³-hybridized carbons (Fsp3) is 0.125. The number of fused-ring (bicyclic) bond motifs is 1. The first-order valence-corrected chi connectivity index (χ1v) is 6.75. The molecular formula is C16H16N4O. The molecule has 2 heterocycles. The molecule has 5 heteroatoms. The molecule has 3 aromatic rings. The third kappa shape index (κ3) is 3.02. The van der Waals surface area contributed by atoms with Crippen molar-refractivity contribution in [2.45, 2.75) is 13.5 Å². The van der Waals surface area contributed by atoms with Crippen LogP contribution in [0, 0.1) is 0 Å². The number of nitrogens with zero attached hydrogens (tertiary/aromatic N) is 2. The molecule has 5 nitrogen and oxygen atoms in total. The molecule has 3 rings (SSSR count). The number of carbonyl (C=O) groups is 1. The Bertz CT molecular complexity index is 761. The van der Waals surface area contributed by atoms with Gasteiger partial charge in [0.25, 0.3) is 0 Å². The van der Waals surface area contributed by atoms with Crippen LogP contribution in [0.3, 0.4) is 0 Å². The molecule has 0 fully saturated rings. The van der Waals surface area contributed by atoms with Crippen molar-refractivity contribution in [2.24, 2.45) is 0 Å². The van der Waals surface area contributed by atoms with Crippen LogP contribution in [0.5, 0.6) is 0 Å². The largest absolute Gasteiger partial charge is 0.381 e. The highest BCUT2D eigenvalue weighted by atomic mass is 16.1. The molecule has 21 heavy (non-hydrogen) atoms. The molecule has 2 N–H and O–H groups in total. The van der Waals surface area contributed by atoms with Gasteiger partial charge in [-0.15, -0.1) is 0 Å². The van der Waals surface area contributed by atoms with Crippen molar-refractivity contribution in [3.8, 4) is 0 Å². The van der Waals surface area contributed by atoms with Gasteiger partial charge in [0.2, 0.25) is 5.91 Å². The van der Waals surface area contributed by atoms with E-state index in [4.69, 9.17) is 0 Å². The van der Waals surface area contributed by atoms with Gasteiger partial charge in [-0.1, -0.05) is 6.07 Å². The van der Waals surface area contributed by atoms with Crippen LogP contribution < -0.4 is 10.6 Å². The Morgan fingerprint density at radius 3 is 2.67 bits per heavy atom. The lowest BCUT2D eigenvalue weighted by Gasteiger charge is -2.07. The molecule has 0 aliphatic rings. The van der Waals surface area contributed by atoms with Gasteiger partial charge in [-0.25, -0.2) is 4.52 Å². The topological polar surface area (TPSA) is 58.4 Å². The molecule has 0 saturated carbocycles. The van der Waals surface area contributed by atoms with E-state index in [1.54, 1.807) is 0 Å². The number of hydrogen-bond donors (Lipinski definition) is 2. The lowest BCUT2D eigenvalue weighted by atomic mass is 10.2. The third-order valence-corrected chi connectivity index (χ3v) is 3.19. The van der Waals surface area contributed by atoms with Crippen LogP contribution in [0.15, 0.2) is 54.9 Å². The standard InChI is InChI=1S/C16H16N4O/c1-12(21)19-15-7-5-14(6-8-15)17-10-13-11-18-20-9-3-2-4-16(13)20/h2-9,11,17H,10H2,1H3,(H,19,21). The van der Waals surface area contributed by atoms with Crippen molar-refractivity contribution >= 4 is 22.8 Å². The van der Waals surface area contributed by atoms with Crippen LogP contribution in [0.4, 0.5) is 11.4 Å². The minimum Gasteiger partial charge on any atom is -0.381 e. The number of benzene rings is 1. The number of aromatic nitrogens is 2. The highest BCUT2D eigenvalue weighted by molar-refractivity contribution is 5.88. The Balaban J connectivity index is 1.68. The summed E-state index contributed by atoms with van der Waals surface area (Å²) in [7, 11) is 0. The van der Waals surface area contributed by atoms with Crippen molar-refractivity contribution < 1.29 is 4.79 Å². The van der Waals surface area contributed by atoms with Crippen LogP contribution >= 0.6 is 0 Å². The Morgan fingerprint density at radius 2 is 1.90 bits per heavy atom. The molecule has 0 aliphatic carbocycles. The molecule has 0 saturated heterocycles. The zero-order valence-electron chi connectivity index (χ0n) is 11.7. The third-order valence-electron chi connectivity index (χ3n) is 3.19. The van der Waals surface area contributed by atoms with Crippen molar-refractivity contribution in [3.63, 3.8) is 0 Å². The fourth-order valence-electron chi connectivity index (χ4n) is 2.20. The van der Waals surface area contributed by atoms with E-state index in [0.29, 0.717) is 6.54 Å². The van der Waals surface area contributed by atoms with Crippen molar-refractivity contribution in [3.05, 3.63) is 60.4 Å². The molecule has 106 valence electrons. The summed E-state index contributed by atoms with van der Waals surface area (Å²) in [5.41, 5.74) is 4.03. The van der Waals surface area contributed by atoms with E-state index in [-0.39, 0.29) is 5.91 Å². The van der Waals surface area contributed by atoms with E-state index in [2.05, 4.69) is 15.7 Å². The van der Waals surface area contributed by atoms with Gasteiger partial charge in [0.05, 0.1) is 11.7 Å². The average molecular weight is 280 g/mol. The van der Waals surface area contributed by atoms with Gasteiger partial charge >= 0.3 is 0 Å². The zero-order valence-corrected chi connectivity index (χ0v) is 11.7. The van der Waals surface area contributed by atoms with Crippen molar-refractivity contribution in [2.75, 3.05) is 10.6 Å². The summed E-state index contributed by atoms with van der Waals surface area (Å²) in [4.78, 5) is 11.0. The Labute approximate surface area is 122 Å². The predicted molar refractivity (Wildman–Crippen MR) is 83.3 cm³/mol. The second-order valence-electron chi connectivity index (χ2n) is 4.81. The number of rotatable bonds is 4. The van der Waals surface area contributed by atoms with Crippen LogP contribution in [0.2, 0.25) is 0 Å². The summed E-state index contributed by atoms with van der Waals surface area (Å²) in [5.74, 6) is -0.0675. The Morgan fingerprint density at radius 1 is 1.14 bits per heavy atom. The first-order valence-electron chi connectivity index (χ1n) is 6.75. The van der Waals surface area contributed by atoms with Crippen molar-refractivity contribution in [1.29, 1.82) is 0 Å². The summed E-state index contributed by atoms with van der Waals surface area (Å²) in [6.45, 7) is 2.20. The molecule has 1 aromatic carbocycles. The highest BCUT2D eigenvalue weighted by Crippen LogP contribution is 2.16. The van der Waals surface area contributed by atoms with Crippen LogP contribution in [-0.4, -0.2) is 15.5 Å². The minimum atomic E-state index is -0.0675. The summed E-state index contributed by atoms with van der Waals surface area (Å²) in [5, 5.41) is 10.4. The number of nitrogens with one attached hydrogen (secondary N) is 2. The van der Waals surface area contributed by atoms with Crippen molar-refractivity contribution in [1.82, 2.24) is 9.61 Å². The monoisotopic (exact) mass is 280 g/mol. The van der Waals surface area contributed by atoms with E-state index in [0.717, 1.165) is 22.5 Å². The zero-order chi connectivity index (χ0) is 14.7. The number of anilines is 2. The summed E-state index contributed by atoms with van der Waals surface area (Å²) in [6.07, 6.45) is 3.80. The minimum absolute atomic E-state index is 0.0675. The van der Waals surface area contributed by atoms with Gasteiger partial charge in [-0.3, -0.25) is 4.79 Å². The van der Waals surface area contributed by atoms with E-state index in [9.17, 15) is 4.79 Å². The molecule has 2 aromatic heterocycles. The maximum absolute atomic E-state index is 11.0. The Kier molecular flexibility index (Phi) is 3.55. The molecule has 0 unspecified atom stereocenters. The lowest BCUT2D eigenvalue weighted by molar-refractivity contribution is -0.114. The van der Waals surface area contributed by atoms with Gasteiger partial charge in [0.15, 0.2) is 0 Å². The van der Waals surface area contributed by atoms with E-state index < -0.39 is 0 Å². The molecule has 0 bridgehead atoms. The molecule has 0 spiro atoms. The number of carbonyl (C=O) groups excluding carboxylic acids is 1. The van der Waals surface area contributed by atoms with Crippen LogP contribution in [-0.2, 0) is 11.3 Å². The molecular weight excluding hydrogens is 264 g/mol. The van der Waals surface area contributed by atoms with E-state index in [1.165, 1.54) is 6.92 Å². The first-order chi connectivity index (χ1) is 10.2. The molecule has 0 radical (unpaired) electrons. The second-order valence-corrected chi connectivity index (χ2v) is 4.81.